The van der Waals surface area contributed by atoms with Crippen LogP contribution < -0.4 is 0 Å². The molecule has 0 aromatic rings. The van der Waals surface area contributed by atoms with Crippen LogP contribution in [0.3, 0.4) is 0 Å². The highest BCUT2D eigenvalue weighted by molar-refractivity contribution is 5.72. The van der Waals surface area contributed by atoms with Crippen LogP contribution in [-0.2, 0) is 9.53 Å². The zero-order chi connectivity index (χ0) is 21.0. The summed E-state index contributed by atoms with van der Waals surface area (Å²) in [6, 6.07) is 0. The van der Waals surface area contributed by atoms with E-state index in [1.165, 1.54) is 70.6 Å². The number of hydrogen-bond acceptors (Lipinski definition) is 2. The standard InChI is InChI=1S/C26H50O2/c1-6-7-8-9-10-11-12-13-14-15-16-17-18-19-20-25(21-23(2)3)26(27)28-22-24(4)5/h13-14,23-25H,6-12,15-22H2,1-5H3. The van der Waals surface area contributed by atoms with Crippen molar-refractivity contribution in [1.29, 1.82) is 0 Å². The SMILES string of the molecule is CCCCCCCCC=CCCCCCCC(CC(C)C)C(=O)OCC(C)C. The Kier molecular flexibility index (Phi) is 19.0. The zero-order valence-corrected chi connectivity index (χ0v) is 19.8. The minimum absolute atomic E-state index is 0.0278. The maximum Gasteiger partial charge on any atom is 0.308 e. The normalized spacial score (nSPS) is 13.0. The molecule has 0 aliphatic carbocycles. The van der Waals surface area contributed by atoms with Crippen molar-refractivity contribution in [1.82, 2.24) is 0 Å². The van der Waals surface area contributed by atoms with Gasteiger partial charge in [-0.1, -0.05) is 98.1 Å². The molecule has 0 N–H and O–H groups in total. The highest BCUT2D eigenvalue weighted by atomic mass is 16.5. The second kappa shape index (κ2) is 19.5. The Morgan fingerprint density at radius 2 is 1.29 bits per heavy atom. The average molecular weight is 395 g/mol. The molecule has 0 saturated heterocycles. The highest BCUT2D eigenvalue weighted by Gasteiger charge is 2.21. The number of hydrogen-bond donors (Lipinski definition) is 0. The van der Waals surface area contributed by atoms with Gasteiger partial charge in [0.2, 0.25) is 0 Å². The van der Waals surface area contributed by atoms with Crippen LogP contribution in [0.5, 0.6) is 0 Å². The second-order valence-electron chi connectivity index (χ2n) is 9.37. The molecule has 1 atom stereocenters. The lowest BCUT2D eigenvalue weighted by Crippen LogP contribution is -2.21. The van der Waals surface area contributed by atoms with Gasteiger partial charge in [-0.25, -0.2) is 0 Å². The minimum atomic E-state index is 0.0278. The molecule has 0 spiro atoms. The number of carbonyl (C=O) groups is 1. The van der Waals surface area contributed by atoms with Crippen molar-refractivity contribution in [3.8, 4) is 0 Å². The highest BCUT2D eigenvalue weighted by Crippen LogP contribution is 2.21. The Bertz CT molecular complexity index is 371. The van der Waals surface area contributed by atoms with Gasteiger partial charge < -0.3 is 4.74 Å². The van der Waals surface area contributed by atoms with E-state index in [1.54, 1.807) is 0 Å². The van der Waals surface area contributed by atoms with Crippen molar-refractivity contribution >= 4 is 5.97 Å². The lowest BCUT2D eigenvalue weighted by atomic mass is 9.92. The van der Waals surface area contributed by atoms with Crippen LogP contribution in [0.2, 0.25) is 0 Å². The lowest BCUT2D eigenvalue weighted by molar-refractivity contribution is -0.150. The Morgan fingerprint density at radius 1 is 0.750 bits per heavy atom. The van der Waals surface area contributed by atoms with E-state index in [1.807, 2.05) is 0 Å². The van der Waals surface area contributed by atoms with Crippen LogP contribution in [0.25, 0.3) is 0 Å². The first kappa shape index (κ1) is 27.2. The van der Waals surface area contributed by atoms with Gasteiger partial charge in [0, 0.05) is 0 Å². The molecule has 0 aliphatic rings. The molecule has 0 heterocycles. The van der Waals surface area contributed by atoms with E-state index >= 15 is 0 Å². The molecule has 0 aliphatic heterocycles. The molecular formula is C26H50O2. The first-order valence-electron chi connectivity index (χ1n) is 12.3. The van der Waals surface area contributed by atoms with Gasteiger partial charge >= 0.3 is 5.97 Å². The van der Waals surface area contributed by atoms with E-state index in [4.69, 9.17) is 4.74 Å². The predicted octanol–water partition coefficient (Wildman–Crippen LogP) is 8.50. The Hall–Kier alpha value is -0.790. The number of esters is 1. The Balaban J connectivity index is 3.70. The monoisotopic (exact) mass is 394 g/mol. The van der Waals surface area contributed by atoms with Crippen molar-refractivity contribution in [3.05, 3.63) is 12.2 Å². The number of ether oxygens (including phenoxy) is 1. The molecule has 0 aromatic heterocycles. The smallest absolute Gasteiger partial charge is 0.308 e. The van der Waals surface area contributed by atoms with Crippen LogP contribution in [0.1, 0.15) is 125 Å². The lowest BCUT2D eigenvalue weighted by Gasteiger charge is -2.18. The summed E-state index contributed by atoms with van der Waals surface area (Å²) in [6.45, 7) is 11.4. The summed E-state index contributed by atoms with van der Waals surface area (Å²) in [5, 5.41) is 0. The fourth-order valence-electron chi connectivity index (χ4n) is 3.55. The van der Waals surface area contributed by atoms with Crippen molar-refractivity contribution in [2.24, 2.45) is 17.8 Å². The molecule has 0 bridgehead atoms. The molecule has 2 nitrogen and oxygen atoms in total. The van der Waals surface area contributed by atoms with Crippen molar-refractivity contribution < 1.29 is 9.53 Å². The average Bonchev–Trinajstić information content (AvgIpc) is 2.65. The fraction of sp³-hybridized carbons (Fsp3) is 0.885. The minimum Gasteiger partial charge on any atom is -0.465 e. The third-order valence-corrected chi connectivity index (χ3v) is 5.21. The van der Waals surface area contributed by atoms with Crippen LogP contribution in [0, 0.1) is 17.8 Å². The number of allylic oxidation sites excluding steroid dienone is 2. The van der Waals surface area contributed by atoms with E-state index in [2.05, 4.69) is 46.8 Å². The second-order valence-corrected chi connectivity index (χ2v) is 9.37. The summed E-state index contributed by atoms with van der Waals surface area (Å²) in [6.07, 6.45) is 22.4. The third-order valence-electron chi connectivity index (χ3n) is 5.21. The third kappa shape index (κ3) is 18.6. The Labute approximate surface area is 176 Å². The van der Waals surface area contributed by atoms with Gasteiger partial charge in [0.25, 0.3) is 0 Å². The topological polar surface area (TPSA) is 26.3 Å². The van der Waals surface area contributed by atoms with Gasteiger partial charge in [0.1, 0.15) is 0 Å². The van der Waals surface area contributed by atoms with Gasteiger partial charge in [-0.15, -0.1) is 0 Å². The largest absolute Gasteiger partial charge is 0.465 e. The first-order chi connectivity index (χ1) is 13.5. The molecule has 0 radical (unpaired) electrons. The van der Waals surface area contributed by atoms with Crippen LogP contribution in [-0.4, -0.2) is 12.6 Å². The summed E-state index contributed by atoms with van der Waals surface area (Å²) >= 11 is 0. The molecule has 28 heavy (non-hydrogen) atoms. The van der Waals surface area contributed by atoms with E-state index in [0.29, 0.717) is 18.4 Å². The van der Waals surface area contributed by atoms with Gasteiger partial charge in [0.05, 0.1) is 12.5 Å². The van der Waals surface area contributed by atoms with Gasteiger partial charge in [-0.3, -0.25) is 4.79 Å². The van der Waals surface area contributed by atoms with E-state index in [9.17, 15) is 4.79 Å². The Morgan fingerprint density at radius 3 is 1.82 bits per heavy atom. The molecule has 0 fully saturated rings. The van der Waals surface area contributed by atoms with Gasteiger partial charge in [-0.2, -0.15) is 0 Å². The maximum atomic E-state index is 12.3. The zero-order valence-electron chi connectivity index (χ0n) is 19.8. The van der Waals surface area contributed by atoms with Crippen molar-refractivity contribution in [3.63, 3.8) is 0 Å². The summed E-state index contributed by atoms with van der Waals surface area (Å²) in [5.74, 6) is 1.09. The first-order valence-corrected chi connectivity index (χ1v) is 12.3. The number of carbonyl (C=O) groups excluding carboxylic acids is 1. The van der Waals surface area contributed by atoms with Crippen LogP contribution >= 0.6 is 0 Å². The summed E-state index contributed by atoms with van der Waals surface area (Å²) < 4.78 is 5.49. The van der Waals surface area contributed by atoms with E-state index < -0.39 is 0 Å². The molecular weight excluding hydrogens is 344 g/mol. The quantitative estimate of drug-likeness (QED) is 0.125. The molecule has 0 aromatic carbocycles. The predicted molar refractivity (Wildman–Crippen MR) is 124 cm³/mol. The molecule has 1 unspecified atom stereocenters. The summed E-state index contributed by atoms with van der Waals surface area (Å²) in [4.78, 5) is 12.3. The van der Waals surface area contributed by atoms with Crippen molar-refractivity contribution in [2.75, 3.05) is 6.61 Å². The summed E-state index contributed by atoms with van der Waals surface area (Å²) in [5.41, 5.74) is 0. The number of unbranched alkanes of at least 4 members (excludes halogenated alkanes) is 10. The van der Waals surface area contributed by atoms with Crippen LogP contribution in [0.4, 0.5) is 0 Å². The molecule has 0 rings (SSSR count). The molecule has 2 heteroatoms. The van der Waals surface area contributed by atoms with Crippen LogP contribution in [0.15, 0.2) is 12.2 Å². The number of rotatable bonds is 19. The molecule has 166 valence electrons. The fourth-order valence-corrected chi connectivity index (χ4v) is 3.55. The van der Waals surface area contributed by atoms with Gasteiger partial charge in [-0.05, 0) is 50.4 Å². The van der Waals surface area contributed by atoms with E-state index in [-0.39, 0.29) is 11.9 Å². The summed E-state index contributed by atoms with van der Waals surface area (Å²) in [7, 11) is 0. The maximum absolute atomic E-state index is 12.3. The molecule has 0 amide bonds. The van der Waals surface area contributed by atoms with Gasteiger partial charge in [0.15, 0.2) is 0 Å². The molecule has 0 saturated carbocycles. The van der Waals surface area contributed by atoms with E-state index in [0.717, 1.165) is 19.3 Å². The van der Waals surface area contributed by atoms with Crippen molar-refractivity contribution in [2.45, 2.75) is 125 Å².